The number of ether oxygens (including phenoxy) is 1. The number of amides is 2. The third kappa shape index (κ3) is 6.16. The molecule has 0 fully saturated rings. The van der Waals surface area contributed by atoms with E-state index in [2.05, 4.69) is 10.5 Å². The normalized spacial score (nSPS) is 10.8. The molecule has 0 aliphatic heterocycles. The first-order chi connectivity index (χ1) is 15.4. The van der Waals surface area contributed by atoms with Crippen molar-refractivity contribution < 1.29 is 23.2 Å². The zero-order valence-corrected chi connectivity index (χ0v) is 18.3. The SMILES string of the molecule is COc1cccc(C(=O)N(Cc2cc(C(=O)NCc3ccc(F)cc3)no2)CC(C)C)c1. The summed E-state index contributed by atoms with van der Waals surface area (Å²) >= 11 is 0. The van der Waals surface area contributed by atoms with E-state index in [1.165, 1.54) is 18.2 Å². The Bertz CT molecular complexity index is 1060. The molecule has 2 amide bonds. The third-order valence-corrected chi connectivity index (χ3v) is 4.69. The molecule has 0 atom stereocenters. The van der Waals surface area contributed by atoms with Crippen LogP contribution in [0.1, 0.15) is 46.0 Å². The van der Waals surface area contributed by atoms with Crippen molar-refractivity contribution in [1.29, 1.82) is 0 Å². The van der Waals surface area contributed by atoms with Crippen LogP contribution in [-0.2, 0) is 13.1 Å². The first kappa shape index (κ1) is 23.0. The summed E-state index contributed by atoms with van der Waals surface area (Å²) in [4.78, 5) is 27.1. The molecule has 2 aromatic carbocycles. The van der Waals surface area contributed by atoms with E-state index >= 15 is 0 Å². The maximum absolute atomic E-state index is 13.1. The van der Waals surface area contributed by atoms with Crippen LogP contribution in [0.15, 0.2) is 59.1 Å². The van der Waals surface area contributed by atoms with Crippen molar-refractivity contribution in [3.63, 3.8) is 0 Å². The second-order valence-corrected chi connectivity index (χ2v) is 7.80. The summed E-state index contributed by atoms with van der Waals surface area (Å²) < 4.78 is 23.5. The molecule has 0 aliphatic rings. The zero-order valence-electron chi connectivity index (χ0n) is 18.3. The molecule has 32 heavy (non-hydrogen) atoms. The largest absolute Gasteiger partial charge is 0.497 e. The number of methoxy groups -OCH3 is 1. The van der Waals surface area contributed by atoms with E-state index in [-0.39, 0.29) is 36.4 Å². The molecule has 0 aliphatic carbocycles. The lowest BCUT2D eigenvalue weighted by atomic mass is 10.1. The van der Waals surface area contributed by atoms with E-state index in [1.807, 2.05) is 13.8 Å². The molecule has 3 aromatic rings. The smallest absolute Gasteiger partial charge is 0.273 e. The molecule has 3 rings (SSSR count). The number of hydrogen-bond acceptors (Lipinski definition) is 5. The van der Waals surface area contributed by atoms with Crippen molar-refractivity contribution in [3.8, 4) is 5.75 Å². The van der Waals surface area contributed by atoms with Gasteiger partial charge >= 0.3 is 0 Å². The van der Waals surface area contributed by atoms with Gasteiger partial charge in [-0.1, -0.05) is 37.2 Å². The van der Waals surface area contributed by atoms with Crippen LogP contribution in [0, 0.1) is 11.7 Å². The first-order valence-electron chi connectivity index (χ1n) is 10.3. The molecule has 0 saturated heterocycles. The summed E-state index contributed by atoms with van der Waals surface area (Å²) in [5.41, 5.74) is 1.37. The van der Waals surface area contributed by atoms with Gasteiger partial charge in [-0.3, -0.25) is 9.59 Å². The van der Waals surface area contributed by atoms with E-state index < -0.39 is 5.91 Å². The van der Waals surface area contributed by atoms with Crippen LogP contribution < -0.4 is 10.1 Å². The van der Waals surface area contributed by atoms with Crippen LogP contribution in [0.2, 0.25) is 0 Å². The number of carbonyl (C=O) groups excluding carboxylic acids is 2. The highest BCUT2D eigenvalue weighted by atomic mass is 19.1. The van der Waals surface area contributed by atoms with Crippen molar-refractivity contribution in [2.75, 3.05) is 13.7 Å². The average Bonchev–Trinajstić information content (AvgIpc) is 3.26. The van der Waals surface area contributed by atoms with Gasteiger partial charge in [0.2, 0.25) is 0 Å². The van der Waals surface area contributed by atoms with Crippen LogP contribution in [-0.4, -0.2) is 35.5 Å². The molecule has 1 N–H and O–H groups in total. The minimum absolute atomic E-state index is 0.112. The molecule has 7 nitrogen and oxygen atoms in total. The van der Waals surface area contributed by atoms with Crippen molar-refractivity contribution in [1.82, 2.24) is 15.4 Å². The number of nitrogens with one attached hydrogen (secondary N) is 1. The Hall–Kier alpha value is -3.68. The fraction of sp³-hybridized carbons (Fsp3) is 0.292. The second-order valence-electron chi connectivity index (χ2n) is 7.80. The van der Waals surface area contributed by atoms with Crippen LogP contribution in [0.5, 0.6) is 5.75 Å². The lowest BCUT2D eigenvalue weighted by Gasteiger charge is -2.23. The Morgan fingerprint density at radius 1 is 1.16 bits per heavy atom. The Morgan fingerprint density at radius 2 is 1.91 bits per heavy atom. The third-order valence-electron chi connectivity index (χ3n) is 4.69. The van der Waals surface area contributed by atoms with Gasteiger partial charge in [0.25, 0.3) is 11.8 Å². The topological polar surface area (TPSA) is 84.7 Å². The summed E-state index contributed by atoms with van der Waals surface area (Å²) in [5.74, 6) is 0.297. The van der Waals surface area contributed by atoms with Crippen molar-refractivity contribution in [2.24, 2.45) is 5.92 Å². The predicted octanol–water partition coefficient (Wildman–Crippen LogP) is 4.05. The van der Waals surface area contributed by atoms with Gasteiger partial charge in [-0.15, -0.1) is 0 Å². The van der Waals surface area contributed by atoms with Crippen LogP contribution in [0.25, 0.3) is 0 Å². The molecule has 168 valence electrons. The Kier molecular flexibility index (Phi) is 7.59. The molecular weight excluding hydrogens is 413 g/mol. The number of carbonyl (C=O) groups is 2. The maximum atomic E-state index is 13.1. The van der Waals surface area contributed by atoms with Crippen LogP contribution in [0.4, 0.5) is 4.39 Å². The molecular formula is C24H26FN3O4. The van der Waals surface area contributed by atoms with Gasteiger partial charge in [-0.05, 0) is 41.8 Å². The van der Waals surface area contributed by atoms with Gasteiger partial charge in [0.1, 0.15) is 11.6 Å². The van der Waals surface area contributed by atoms with E-state index in [0.717, 1.165) is 5.56 Å². The highest BCUT2D eigenvalue weighted by molar-refractivity contribution is 5.94. The molecule has 0 spiro atoms. The lowest BCUT2D eigenvalue weighted by Crippen LogP contribution is -2.33. The standard InChI is InChI=1S/C24H26FN3O4/c1-16(2)14-28(24(30)18-5-4-6-20(11-18)31-3)15-21-12-22(27-32-21)23(29)26-13-17-7-9-19(25)10-8-17/h4-12,16H,13-15H2,1-3H3,(H,26,29). The zero-order chi connectivity index (χ0) is 23.1. The number of aromatic nitrogens is 1. The highest BCUT2D eigenvalue weighted by Crippen LogP contribution is 2.17. The second kappa shape index (κ2) is 10.6. The summed E-state index contributed by atoms with van der Waals surface area (Å²) in [5, 5.41) is 6.55. The molecule has 0 bridgehead atoms. The Balaban J connectivity index is 1.67. The molecule has 0 unspecified atom stereocenters. The van der Waals surface area contributed by atoms with Crippen molar-refractivity contribution in [2.45, 2.75) is 26.9 Å². The Morgan fingerprint density at radius 3 is 2.59 bits per heavy atom. The first-order valence-corrected chi connectivity index (χ1v) is 10.3. The molecule has 1 aromatic heterocycles. The minimum atomic E-state index is -0.418. The van der Waals surface area contributed by atoms with E-state index in [9.17, 15) is 14.0 Å². The monoisotopic (exact) mass is 439 g/mol. The lowest BCUT2D eigenvalue weighted by molar-refractivity contribution is 0.0705. The number of hydrogen-bond donors (Lipinski definition) is 1. The highest BCUT2D eigenvalue weighted by Gasteiger charge is 2.21. The van der Waals surface area contributed by atoms with Gasteiger partial charge in [0.15, 0.2) is 11.5 Å². The maximum Gasteiger partial charge on any atom is 0.273 e. The van der Waals surface area contributed by atoms with Gasteiger partial charge < -0.3 is 19.5 Å². The molecule has 1 heterocycles. The quantitative estimate of drug-likeness (QED) is 0.544. The fourth-order valence-corrected chi connectivity index (χ4v) is 3.16. The summed E-state index contributed by atoms with van der Waals surface area (Å²) in [6.07, 6.45) is 0. The molecule has 8 heteroatoms. The van der Waals surface area contributed by atoms with Gasteiger partial charge in [0.05, 0.1) is 13.7 Å². The summed E-state index contributed by atoms with van der Waals surface area (Å²) in [6.45, 7) is 4.94. The minimum Gasteiger partial charge on any atom is -0.497 e. The van der Waals surface area contributed by atoms with E-state index in [4.69, 9.17) is 9.26 Å². The fourth-order valence-electron chi connectivity index (χ4n) is 3.16. The van der Waals surface area contributed by atoms with E-state index in [1.54, 1.807) is 48.4 Å². The average molecular weight is 439 g/mol. The number of benzene rings is 2. The van der Waals surface area contributed by atoms with Gasteiger partial charge in [-0.25, -0.2) is 4.39 Å². The molecule has 0 radical (unpaired) electrons. The summed E-state index contributed by atoms with van der Waals surface area (Å²) in [7, 11) is 1.55. The molecule has 0 saturated carbocycles. The number of nitrogens with zero attached hydrogens (tertiary/aromatic N) is 2. The van der Waals surface area contributed by atoms with Crippen molar-refractivity contribution >= 4 is 11.8 Å². The predicted molar refractivity (Wildman–Crippen MR) is 117 cm³/mol. The summed E-state index contributed by atoms with van der Waals surface area (Å²) in [6, 6.07) is 14.3. The van der Waals surface area contributed by atoms with Gasteiger partial charge in [0, 0.05) is 24.7 Å². The Labute approximate surface area is 186 Å². The number of rotatable bonds is 9. The van der Waals surface area contributed by atoms with Crippen molar-refractivity contribution in [3.05, 3.63) is 83.0 Å². The van der Waals surface area contributed by atoms with E-state index in [0.29, 0.717) is 23.6 Å². The number of halogens is 1. The van der Waals surface area contributed by atoms with Crippen LogP contribution in [0.3, 0.4) is 0 Å². The van der Waals surface area contributed by atoms with Gasteiger partial charge in [-0.2, -0.15) is 0 Å². The van der Waals surface area contributed by atoms with Crippen LogP contribution >= 0.6 is 0 Å².